The number of rotatable bonds is 20. The van der Waals surface area contributed by atoms with E-state index >= 15 is 0 Å². The van der Waals surface area contributed by atoms with Crippen LogP contribution in [0.4, 0.5) is 0 Å². The summed E-state index contributed by atoms with van der Waals surface area (Å²) in [6.45, 7) is 4.81. The van der Waals surface area contributed by atoms with Crippen molar-refractivity contribution in [1.29, 1.82) is 0 Å². The predicted octanol–water partition coefficient (Wildman–Crippen LogP) is 14.3. The summed E-state index contributed by atoms with van der Waals surface area (Å²) in [6, 6.07) is 51.9. The average molecular weight is 1300 g/mol. The first-order valence-corrected chi connectivity index (χ1v) is 32.2. The number of H-pyrrole nitrogens is 5. The Morgan fingerprint density at radius 1 is 0.433 bits per heavy atom. The van der Waals surface area contributed by atoms with Crippen molar-refractivity contribution in [3.8, 4) is 0 Å². The Labute approximate surface area is 561 Å². The molecule has 10 aromatic heterocycles. The van der Waals surface area contributed by atoms with Gasteiger partial charge in [-0.3, -0.25) is 44.1 Å². The van der Waals surface area contributed by atoms with Crippen LogP contribution in [0.1, 0.15) is 101 Å². The standard InChI is InChI=1S/C21H22N2O4.C17H17N3O.C17H19N3.C16H14N2O2.C7H6N2/c1-3-26-20(24)19(21(25)27-4-2)18(14-8-6-5-7-9-14)16-12-23-17-13-22-11-10-15(16)17;1-18-17(21)9-14(12-5-3-2-4-6-12)15-10-20-16-11-19-8-7-13(15)16;1-18-9-7-14(13-5-3-2-4-6-13)16-11-20-17-12-19-10-8-15(16)17;19-16(20)8-13(11-4-2-1-3-5-11)14-9-18-15-10-17-7-6-12(14)15;1-3-8-5-7-6(1)2-4-9-7/h5-13,18-19,23H,3-4H2,1-2H3;2-8,10-11,14,20H,9H2,1H3,(H,18,21);2-6,8,10-12,14,18,20H,7,9H2,1H3;1-7,9-10,13,18H,8H2,(H,19,20);1-5,9H. The zero-order chi connectivity index (χ0) is 67.7. The van der Waals surface area contributed by atoms with Crippen LogP contribution in [0, 0.1) is 5.92 Å². The molecular weight excluding hydrogens is 1220 g/mol. The fourth-order valence-corrected chi connectivity index (χ4v) is 12.2. The highest BCUT2D eigenvalue weighted by atomic mass is 16.6. The number of amides is 1. The van der Waals surface area contributed by atoms with Crippen LogP contribution in [0.15, 0.2) is 251 Å². The Hall–Kier alpha value is -11.8. The number of aromatic amines is 5. The summed E-state index contributed by atoms with van der Waals surface area (Å²) in [4.78, 5) is 85.0. The minimum atomic E-state index is -1.10. The predicted molar refractivity (Wildman–Crippen MR) is 380 cm³/mol. The highest BCUT2D eigenvalue weighted by molar-refractivity contribution is 5.98. The van der Waals surface area contributed by atoms with Crippen LogP contribution in [-0.2, 0) is 28.7 Å². The molecule has 0 fully saturated rings. The van der Waals surface area contributed by atoms with Crippen molar-refractivity contribution in [1.82, 2.24) is 60.5 Å². The largest absolute Gasteiger partial charge is 0.481 e. The summed E-state index contributed by atoms with van der Waals surface area (Å²) in [7, 11) is 3.67. The van der Waals surface area contributed by atoms with Gasteiger partial charge in [0.15, 0.2) is 5.92 Å². The van der Waals surface area contributed by atoms with Crippen molar-refractivity contribution in [3.63, 3.8) is 0 Å². The van der Waals surface area contributed by atoms with Gasteiger partial charge in [-0.15, -0.1) is 0 Å². The SMILES string of the molecule is CCOC(=O)C(C(=O)OCC)C(c1ccccc1)c1c[nH]c2cnccc12.CNC(=O)CC(c1ccccc1)c1c[nH]c2cnccc12.CNCCC(c1ccccc1)c1c[nH]c2cnccc12.O=C(O)CC(c1ccccc1)c1c[nH]c2cnccc12.c1cc2cc[nH]c2cn1. The van der Waals surface area contributed by atoms with Crippen LogP contribution in [0.5, 0.6) is 0 Å². The number of carboxylic acids is 1. The molecule has 0 saturated heterocycles. The second kappa shape index (κ2) is 34.4. The third kappa shape index (κ3) is 17.3. The fourth-order valence-electron chi connectivity index (χ4n) is 12.2. The molecule has 0 saturated carbocycles. The maximum absolute atomic E-state index is 12.8. The van der Waals surface area contributed by atoms with E-state index in [1.165, 1.54) is 21.9 Å². The molecule has 0 spiro atoms. The molecule has 19 heteroatoms. The monoisotopic (exact) mass is 1290 g/mol. The van der Waals surface area contributed by atoms with Gasteiger partial charge in [0.05, 0.1) is 78.2 Å². The molecule has 8 N–H and O–H groups in total. The zero-order valence-corrected chi connectivity index (χ0v) is 54.4. The number of esters is 2. The number of fused-ring (bicyclic) bond motifs is 5. The second-order valence-corrected chi connectivity index (χ2v) is 22.7. The van der Waals surface area contributed by atoms with E-state index in [0.717, 1.165) is 90.1 Å². The van der Waals surface area contributed by atoms with E-state index in [1.807, 2.05) is 160 Å². The molecular formula is C78H78N12O7. The van der Waals surface area contributed by atoms with Gasteiger partial charge in [0.1, 0.15) is 0 Å². The Bertz CT molecular complexity index is 4710. The number of nitrogens with one attached hydrogen (secondary N) is 7. The van der Waals surface area contributed by atoms with Crippen LogP contribution in [0.3, 0.4) is 0 Å². The summed E-state index contributed by atoms with van der Waals surface area (Å²) < 4.78 is 10.4. The Balaban J connectivity index is 0.000000135. The lowest BCUT2D eigenvalue weighted by Gasteiger charge is -2.24. The lowest BCUT2D eigenvalue weighted by atomic mass is 9.80. The first kappa shape index (κ1) is 68.0. The summed E-state index contributed by atoms with van der Waals surface area (Å²) in [5.74, 6) is -3.32. The van der Waals surface area contributed by atoms with Gasteiger partial charge in [-0.1, -0.05) is 121 Å². The van der Waals surface area contributed by atoms with E-state index in [1.54, 1.807) is 64.3 Å². The van der Waals surface area contributed by atoms with Gasteiger partial charge in [0.2, 0.25) is 5.91 Å². The van der Waals surface area contributed by atoms with Crippen molar-refractivity contribution in [3.05, 3.63) is 295 Å². The number of nitrogens with zero attached hydrogens (tertiary/aromatic N) is 5. The third-order valence-electron chi connectivity index (χ3n) is 16.8. The zero-order valence-electron chi connectivity index (χ0n) is 54.4. The van der Waals surface area contributed by atoms with E-state index in [0.29, 0.717) is 12.3 Å². The van der Waals surface area contributed by atoms with Crippen molar-refractivity contribution in [2.45, 2.75) is 56.8 Å². The van der Waals surface area contributed by atoms with E-state index in [4.69, 9.17) is 9.47 Å². The van der Waals surface area contributed by atoms with Crippen molar-refractivity contribution in [2.24, 2.45) is 5.92 Å². The molecule has 0 aliphatic heterocycles. The van der Waals surface area contributed by atoms with Gasteiger partial charge in [-0.2, -0.15) is 0 Å². The smallest absolute Gasteiger partial charge is 0.321 e. The van der Waals surface area contributed by atoms with Gasteiger partial charge in [-0.05, 0) is 115 Å². The number of hydrogen-bond acceptors (Lipinski definition) is 12. The molecule has 4 atom stereocenters. The maximum atomic E-state index is 12.8. The Morgan fingerprint density at radius 2 is 0.804 bits per heavy atom. The van der Waals surface area contributed by atoms with Gasteiger partial charge < -0.3 is 50.1 Å². The number of hydrogen-bond donors (Lipinski definition) is 8. The highest BCUT2D eigenvalue weighted by Crippen LogP contribution is 2.39. The first-order chi connectivity index (χ1) is 47.6. The topological polar surface area (TPSA) is 274 Å². The quantitative estimate of drug-likeness (QED) is 0.0261. The average Bonchev–Trinajstić information content (AvgIpc) is 1.76. The number of carbonyl (C=O) groups is 4. The summed E-state index contributed by atoms with van der Waals surface area (Å²) >= 11 is 0. The van der Waals surface area contributed by atoms with Crippen molar-refractivity contribution in [2.75, 3.05) is 33.9 Å². The van der Waals surface area contributed by atoms with E-state index < -0.39 is 29.7 Å². The van der Waals surface area contributed by atoms with E-state index in [-0.39, 0.29) is 37.4 Å². The molecule has 0 bridgehead atoms. The van der Waals surface area contributed by atoms with E-state index in [2.05, 4.69) is 115 Å². The minimum absolute atomic E-state index is 0.0299. The third-order valence-corrected chi connectivity index (χ3v) is 16.8. The number of pyridine rings is 5. The molecule has 97 heavy (non-hydrogen) atoms. The molecule has 19 nitrogen and oxygen atoms in total. The minimum Gasteiger partial charge on any atom is -0.481 e. The Morgan fingerprint density at radius 3 is 1.21 bits per heavy atom. The molecule has 1 amide bonds. The Kier molecular flexibility index (Phi) is 24.1. The normalized spacial score (nSPS) is 12.1. The molecule has 0 radical (unpaired) electrons. The number of ether oxygens (including phenoxy) is 2. The fraction of sp³-hybridized carbons (Fsp3) is 0.192. The van der Waals surface area contributed by atoms with Crippen LogP contribution in [0.2, 0.25) is 0 Å². The second-order valence-electron chi connectivity index (χ2n) is 22.7. The number of carbonyl (C=O) groups excluding carboxylic acids is 3. The highest BCUT2D eigenvalue weighted by Gasteiger charge is 2.40. The number of benzene rings is 4. The van der Waals surface area contributed by atoms with Crippen molar-refractivity contribution < 1.29 is 33.8 Å². The summed E-state index contributed by atoms with van der Waals surface area (Å²) in [5, 5.41) is 20.7. The van der Waals surface area contributed by atoms with Gasteiger partial charge >= 0.3 is 17.9 Å². The molecule has 0 aliphatic carbocycles. The molecule has 4 unspecified atom stereocenters. The number of carboxylic acid groups (broad SMARTS) is 1. The van der Waals surface area contributed by atoms with Gasteiger partial charge in [0.25, 0.3) is 0 Å². The molecule has 10 heterocycles. The van der Waals surface area contributed by atoms with Crippen LogP contribution in [0.25, 0.3) is 54.5 Å². The molecule has 14 rings (SSSR count). The van der Waals surface area contributed by atoms with Gasteiger partial charge in [-0.25, -0.2) is 0 Å². The summed E-state index contributed by atoms with van der Waals surface area (Å²) in [6.07, 6.45) is 29.1. The summed E-state index contributed by atoms with van der Waals surface area (Å²) in [5.41, 5.74) is 13.6. The molecule has 0 aliphatic rings. The van der Waals surface area contributed by atoms with Crippen LogP contribution >= 0.6 is 0 Å². The molecule has 4 aromatic carbocycles. The molecule has 14 aromatic rings. The maximum Gasteiger partial charge on any atom is 0.321 e. The van der Waals surface area contributed by atoms with Crippen molar-refractivity contribution >= 4 is 78.3 Å². The van der Waals surface area contributed by atoms with E-state index in [9.17, 15) is 24.3 Å². The molecule has 492 valence electrons. The number of aromatic nitrogens is 10. The lowest BCUT2D eigenvalue weighted by Crippen LogP contribution is -2.34. The lowest BCUT2D eigenvalue weighted by molar-refractivity contribution is -0.162. The van der Waals surface area contributed by atoms with Crippen LogP contribution < -0.4 is 10.6 Å². The first-order valence-electron chi connectivity index (χ1n) is 32.2. The van der Waals surface area contributed by atoms with Gasteiger partial charge in [0, 0.05) is 126 Å². The number of aliphatic carboxylic acids is 1. The van der Waals surface area contributed by atoms with Crippen LogP contribution in [-0.4, -0.2) is 113 Å².